The van der Waals surface area contributed by atoms with E-state index in [9.17, 15) is 18.0 Å². The molecule has 0 spiro atoms. The zero-order chi connectivity index (χ0) is 27.0. The molecule has 3 rings (SSSR count). The number of hydrogen-bond acceptors (Lipinski definition) is 4. The van der Waals surface area contributed by atoms with Gasteiger partial charge in [0.1, 0.15) is 12.6 Å². The number of hydrogen-bond donors (Lipinski definition) is 1. The number of nitrogens with one attached hydrogen (secondary N) is 1. The van der Waals surface area contributed by atoms with Crippen LogP contribution in [0.4, 0.5) is 5.69 Å². The van der Waals surface area contributed by atoms with E-state index in [1.807, 2.05) is 58.0 Å². The summed E-state index contributed by atoms with van der Waals surface area (Å²) in [6.45, 7) is 7.20. The Hall–Kier alpha value is -3.65. The van der Waals surface area contributed by atoms with Gasteiger partial charge >= 0.3 is 0 Å². The predicted octanol–water partition coefficient (Wildman–Crippen LogP) is 4.52. The largest absolute Gasteiger partial charge is 0.352 e. The van der Waals surface area contributed by atoms with Gasteiger partial charge in [-0.2, -0.15) is 0 Å². The van der Waals surface area contributed by atoms with Crippen LogP contribution in [-0.4, -0.2) is 43.8 Å². The molecule has 37 heavy (non-hydrogen) atoms. The Kier molecular flexibility index (Phi) is 9.47. The normalized spacial score (nSPS) is 12.1. The van der Waals surface area contributed by atoms with Crippen molar-refractivity contribution in [2.45, 2.75) is 57.6 Å². The average molecular weight is 522 g/mol. The van der Waals surface area contributed by atoms with E-state index in [4.69, 9.17) is 0 Å². The minimum Gasteiger partial charge on any atom is -0.352 e. The maximum Gasteiger partial charge on any atom is 0.264 e. The number of anilines is 1. The molecule has 0 aromatic heterocycles. The predicted molar refractivity (Wildman–Crippen MR) is 147 cm³/mol. The Morgan fingerprint density at radius 2 is 1.43 bits per heavy atom. The zero-order valence-electron chi connectivity index (χ0n) is 21.8. The molecule has 0 unspecified atom stereocenters. The molecule has 7 nitrogen and oxygen atoms in total. The molecule has 196 valence electrons. The van der Waals surface area contributed by atoms with E-state index >= 15 is 0 Å². The topological polar surface area (TPSA) is 86.8 Å². The third kappa shape index (κ3) is 7.20. The van der Waals surface area contributed by atoms with E-state index in [0.717, 1.165) is 15.4 Å². The van der Waals surface area contributed by atoms with Crippen molar-refractivity contribution < 1.29 is 18.0 Å². The van der Waals surface area contributed by atoms with Gasteiger partial charge in [-0.15, -0.1) is 0 Å². The molecular weight excluding hydrogens is 486 g/mol. The van der Waals surface area contributed by atoms with E-state index < -0.39 is 28.5 Å². The Labute approximate surface area is 220 Å². The maximum absolute atomic E-state index is 13.9. The summed E-state index contributed by atoms with van der Waals surface area (Å²) >= 11 is 0. The van der Waals surface area contributed by atoms with Crippen LogP contribution in [0, 0.1) is 6.92 Å². The van der Waals surface area contributed by atoms with Crippen LogP contribution in [0.2, 0.25) is 0 Å². The molecule has 0 bridgehead atoms. The first-order valence-corrected chi connectivity index (χ1v) is 13.9. The van der Waals surface area contributed by atoms with Crippen molar-refractivity contribution in [3.8, 4) is 0 Å². The van der Waals surface area contributed by atoms with Gasteiger partial charge in [0.05, 0.1) is 10.6 Å². The standard InChI is InChI=1S/C29H35N3O4S/c1-5-27(29(34)30-22(2)3)31(20-24-12-8-6-9-13-24)28(33)21-32(25-18-16-23(4)17-19-25)37(35,36)26-14-10-7-11-15-26/h6-19,22,27H,5,20-21H2,1-4H3,(H,30,34)/t27-/m0/s1. The van der Waals surface area contributed by atoms with Gasteiger partial charge in [0, 0.05) is 12.6 Å². The highest BCUT2D eigenvalue weighted by Crippen LogP contribution is 2.25. The van der Waals surface area contributed by atoms with Gasteiger partial charge in [-0.3, -0.25) is 13.9 Å². The van der Waals surface area contributed by atoms with Gasteiger partial charge in [-0.25, -0.2) is 8.42 Å². The molecule has 8 heteroatoms. The third-order valence-corrected chi connectivity index (χ3v) is 7.73. The summed E-state index contributed by atoms with van der Waals surface area (Å²) in [7, 11) is -4.05. The first-order chi connectivity index (χ1) is 17.6. The number of rotatable bonds is 11. The maximum atomic E-state index is 13.9. The van der Waals surface area contributed by atoms with Crippen molar-refractivity contribution in [3.63, 3.8) is 0 Å². The minimum absolute atomic E-state index is 0.0857. The van der Waals surface area contributed by atoms with E-state index in [1.165, 1.54) is 17.0 Å². The minimum atomic E-state index is -4.05. The van der Waals surface area contributed by atoms with Crippen molar-refractivity contribution in [1.29, 1.82) is 0 Å². The fourth-order valence-corrected chi connectivity index (χ4v) is 5.47. The lowest BCUT2D eigenvalue weighted by molar-refractivity contribution is -0.140. The lowest BCUT2D eigenvalue weighted by Gasteiger charge is -2.33. The fourth-order valence-electron chi connectivity index (χ4n) is 4.04. The first-order valence-electron chi connectivity index (χ1n) is 12.4. The lowest BCUT2D eigenvalue weighted by atomic mass is 10.1. The van der Waals surface area contributed by atoms with Gasteiger partial charge in [-0.1, -0.05) is 73.2 Å². The highest BCUT2D eigenvalue weighted by molar-refractivity contribution is 7.92. The van der Waals surface area contributed by atoms with Crippen molar-refractivity contribution in [2.24, 2.45) is 0 Å². The number of benzene rings is 3. The molecule has 3 aromatic carbocycles. The number of carbonyl (C=O) groups excluding carboxylic acids is 2. The first kappa shape index (κ1) is 27.9. The summed E-state index contributed by atoms with van der Waals surface area (Å²) < 4.78 is 28.6. The number of aryl methyl sites for hydroxylation is 1. The second-order valence-electron chi connectivity index (χ2n) is 9.25. The number of amides is 2. The summed E-state index contributed by atoms with van der Waals surface area (Å²) in [4.78, 5) is 28.6. The molecular formula is C29H35N3O4S. The highest BCUT2D eigenvalue weighted by Gasteiger charge is 2.33. The highest BCUT2D eigenvalue weighted by atomic mass is 32.2. The van der Waals surface area contributed by atoms with Crippen molar-refractivity contribution in [1.82, 2.24) is 10.2 Å². The van der Waals surface area contributed by atoms with E-state index in [-0.39, 0.29) is 23.4 Å². The Bertz CT molecular complexity index is 1280. The quantitative estimate of drug-likeness (QED) is 0.402. The number of nitrogens with zero attached hydrogens (tertiary/aromatic N) is 2. The van der Waals surface area contributed by atoms with E-state index in [2.05, 4.69) is 5.32 Å². The lowest BCUT2D eigenvalue weighted by Crippen LogP contribution is -2.53. The van der Waals surface area contributed by atoms with Gasteiger partial charge in [0.2, 0.25) is 11.8 Å². The average Bonchev–Trinajstić information content (AvgIpc) is 2.88. The Morgan fingerprint density at radius 3 is 1.97 bits per heavy atom. The molecule has 0 aliphatic rings. The van der Waals surface area contributed by atoms with Crippen LogP contribution >= 0.6 is 0 Å². The Balaban J connectivity index is 2.03. The van der Waals surface area contributed by atoms with Crippen molar-refractivity contribution >= 4 is 27.5 Å². The molecule has 0 aliphatic heterocycles. The second-order valence-corrected chi connectivity index (χ2v) is 11.1. The summed E-state index contributed by atoms with van der Waals surface area (Å²) in [6, 6.07) is 23.6. The molecule has 0 saturated carbocycles. The summed E-state index contributed by atoms with van der Waals surface area (Å²) in [5.74, 6) is -0.732. The molecule has 2 amide bonds. The van der Waals surface area contributed by atoms with Crippen LogP contribution in [-0.2, 0) is 26.2 Å². The van der Waals surface area contributed by atoms with Crippen LogP contribution in [0.5, 0.6) is 0 Å². The molecule has 0 saturated heterocycles. The second kappa shape index (κ2) is 12.5. The molecule has 0 fully saturated rings. The Morgan fingerprint density at radius 1 is 0.865 bits per heavy atom. The van der Waals surface area contributed by atoms with Gasteiger partial charge < -0.3 is 10.2 Å². The van der Waals surface area contributed by atoms with Gasteiger partial charge in [0.15, 0.2) is 0 Å². The van der Waals surface area contributed by atoms with Crippen LogP contribution in [0.25, 0.3) is 0 Å². The van der Waals surface area contributed by atoms with Gasteiger partial charge in [-0.05, 0) is 57.0 Å². The summed E-state index contributed by atoms with van der Waals surface area (Å²) in [6.07, 6.45) is 0.382. The molecule has 1 N–H and O–H groups in total. The van der Waals surface area contributed by atoms with Crippen molar-refractivity contribution in [2.75, 3.05) is 10.8 Å². The third-order valence-electron chi connectivity index (χ3n) is 5.94. The van der Waals surface area contributed by atoms with E-state index in [0.29, 0.717) is 12.1 Å². The molecule has 0 radical (unpaired) electrons. The molecule has 1 atom stereocenters. The van der Waals surface area contributed by atoms with Gasteiger partial charge in [0.25, 0.3) is 10.0 Å². The van der Waals surface area contributed by atoms with Crippen LogP contribution in [0.15, 0.2) is 89.8 Å². The van der Waals surface area contributed by atoms with Crippen LogP contribution in [0.1, 0.15) is 38.3 Å². The molecule has 0 aliphatic carbocycles. The number of carbonyl (C=O) groups is 2. The smallest absolute Gasteiger partial charge is 0.264 e. The SMILES string of the molecule is CC[C@@H](C(=O)NC(C)C)N(Cc1ccccc1)C(=O)CN(c1ccc(C)cc1)S(=O)(=O)c1ccccc1. The molecule has 0 heterocycles. The van der Waals surface area contributed by atoms with Crippen LogP contribution in [0.3, 0.4) is 0 Å². The monoisotopic (exact) mass is 521 g/mol. The summed E-state index contributed by atoms with van der Waals surface area (Å²) in [5, 5.41) is 2.90. The van der Waals surface area contributed by atoms with E-state index in [1.54, 1.807) is 42.5 Å². The van der Waals surface area contributed by atoms with Crippen LogP contribution < -0.4 is 9.62 Å². The summed E-state index contributed by atoms with van der Waals surface area (Å²) in [5.41, 5.74) is 2.19. The fraction of sp³-hybridized carbons (Fsp3) is 0.310. The molecule has 3 aromatic rings. The van der Waals surface area contributed by atoms with Crippen molar-refractivity contribution in [3.05, 3.63) is 96.1 Å². The number of sulfonamides is 1. The zero-order valence-corrected chi connectivity index (χ0v) is 22.6.